The molecule has 2 amide bonds. The Labute approximate surface area is 102 Å². The topological polar surface area (TPSA) is 72.2 Å². The lowest BCUT2D eigenvalue weighted by atomic mass is 10.2. The molecule has 0 atom stereocenters. The predicted molar refractivity (Wildman–Crippen MR) is 65.7 cm³/mol. The number of rotatable bonds is 3. The number of thiophene rings is 1. The van der Waals surface area contributed by atoms with Crippen molar-refractivity contribution < 1.29 is 9.59 Å². The van der Waals surface area contributed by atoms with Crippen molar-refractivity contribution >= 4 is 34.9 Å². The number of nitrogens with one attached hydrogen (secondary N) is 1. The number of aryl methyl sites for hydroxylation is 1. The number of nitrogens with two attached hydrogens (primary N) is 1. The van der Waals surface area contributed by atoms with Gasteiger partial charge in [0.2, 0.25) is 5.91 Å². The van der Waals surface area contributed by atoms with E-state index in [2.05, 4.69) is 5.32 Å². The van der Waals surface area contributed by atoms with Gasteiger partial charge >= 0.3 is 0 Å². The zero-order valence-electron chi connectivity index (χ0n) is 8.62. The van der Waals surface area contributed by atoms with Gasteiger partial charge in [-0.15, -0.1) is 11.3 Å². The fourth-order valence-electron chi connectivity index (χ4n) is 1.51. The van der Waals surface area contributed by atoms with Gasteiger partial charge in [0.1, 0.15) is 0 Å². The molecule has 0 fully saturated rings. The maximum absolute atomic E-state index is 11.7. The second-order valence-electron chi connectivity index (χ2n) is 3.51. The molecule has 16 heavy (non-hydrogen) atoms. The van der Waals surface area contributed by atoms with Crippen molar-refractivity contribution in [1.82, 2.24) is 5.32 Å². The van der Waals surface area contributed by atoms with E-state index < -0.39 is 5.91 Å². The van der Waals surface area contributed by atoms with Crippen LogP contribution in [0, 0.1) is 0 Å². The van der Waals surface area contributed by atoms with Crippen LogP contribution in [0.2, 0.25) is 0 Å². The normalized spacial score (nSPS) is 14.2. The van der Waals surface area contributed by atoms with Gasteiger partial charge in [0.15, 0.2) is 0 Å². The number of hydrogen-bond acceptors (Lipinski definition) is 4. The molecule has 1 aromatic heterocycles. The second kappa shape index (κ2) is 4.88. The molecule has 0 spiro atoms. The number of carbonyl (C=O) groups excluding carboxylic acids is 2. The Balaban J connectivity index is 2.06. The Morgan fingerprint density at radius 1 is 1.50 bits per heavy atom. The van der Waals surface area contributed by atoms with Crippen molar-refractivity contribution in [3.63, 3.8) is 0 Å². The first-order chi connectivity index (χ1) is 7.66. The van der Waals surface area contributed by atoms with Gasteiger partial charge in [-0.05, 0) is 23.8 Å². The summed E-state index contributed by atoms with van der Waals surface area (Å²) in [7, 11) is 0. The van der Waals surface area contributed by atoms with E-state index in [0.29, 0.717) is 4.88 Å². The molecule has 0 saturated carbocycles. The summed E-state index contributed by atoms with van der Waals surface area (Å²) in [5.41, 5.74) is 6.22. The van der Waals surface area contributed by atoms with Crippen molar-refractivity contribution in [3.8, 4) is 0 Å². The van der Waals surface area contributed by atoms with E-state index in [1.807, 2.05) is 17.8 Å². The van der Waals surface area contributed by atoms with E-state index >= 15 is 0 Å². The molecule has 1 aliphatic heterocycles. The number of primary amides is 1. The van der Waals surface area contributed by atoms with E-state index in [1.54, 1.807) is 0 Å². The van der Waals surface area contributed by atoms with Crippen molar-refractivity contribution in [2.45, 2.75) is 12.2 Å². The van der Waals surface area contributed by atoms with E-state index in [-0.39, 0.29) is 12.5 Å². The average Bonchev–Trinajstić information content (AvgIpc) is 2.69. The third-order valence-corrected chi connectivity index (χ3v) is 4.52. The van der Waals surface area contributed by atoms with Crippen LogP contribution in [-0.4, -0.2) is 24.1 Å². The lowest BCUT2D eigenvalue weighted by Gasteiger charge is -2.08. The van der Waals surface area contributed by atoms with E-state index in [9.17, 15) is 9.59 Å². The molecule has 0 aliphatic carbocycles. The van der Waals surface area contributed by atoms with Gasteiger partial charge in [0.25, 0.3) is 5.91 Å². The molecule has 2 heterocycles. The van der Waals surface area contributed by atoms with Crippen molar-refractivity contribution in [1.29, 1.82) is 0 Å². The predicted octanol–water partition coefficient (Wildman–Crippen LogP) is 0.752. The molecule has 0 saturated heterocycles. The molecule has 2 rings (SSSR count). The Morgan fingerprint density at radius 2 is 2.31 bits per heavy atom. The SMILES string of the molecule is NC(=O)CNC(=O)c1cc2c(s1)CCSC2. The molecule has 0 radical (unpaired) electrons. The average molecular weight is 256 g/mol. The number of fused-ring (bicyclic) bond motifs is 1. The molecule has 4 nitrogen and oxygen atoms in total. The van der Waals surface area contributed by atoms with E-state index in [1.165, 1.54) is 21.8 Å². The molecule has 86 valence electrons. The lowest BCUT2D eigenvalue weighted by molar-refractivity contribution is -0.117. The largest absolute Gasteiger partial charge is 0.368 e. The molecule has 6 heteroatoms. The summed E-state index contributed by atoms with van der Waals surface area (Å²) < 4.78 is 0. The van der Waals surface area contributed by atoms with Crippen LogP contribution in [0.3, 0.4) is 0 Å². The minimum atomic E-state index is -0.523. The highest BCUT2D eigenvalue weighted by Gasteiger charge is 2.17. The van der Waals surface area contributed by atoms with Crippen LogP contribution in [0.1, 0.15) is 20.1 Å². The molecule has 3 N–H and O–H groups in total. The van der Waals surface area contributed by atoms with Gasteiger partial charge < -0.3 is 11.1 Å². The fourth-order valence-corrected chi connectivity index (χ4v) is 3.80. The number of carbonyl (C=O) groups is 2. The molecule has 1 aromatic rings. The summed E-state index contributed by atoms with van der Waals surface area (Å²) in [6, 6.07) is 1.92. The van der Waals surface area contributed by atoms with E-state index in [4.69, 9.17) is 5.73 Å². The highest BCUT2D eigenvalue weighted by atomic mass is 32.2. The van der Waals surface area contributed by atoms with Gasteiger partial charge in [-0.25, -0.2) is 0 Å². The standard InChI is InChI=1S/C10H12N2O2S2/c11-9(13)4-12-10(14)8-3-6-5-15-2-1-7(6)16-8/h3H,1-2,4-5H2,(H2,11,13)(H,12,14). The van der Waals surface area contributed by atoms with Crippen LogP contribution in [0.15, 0.2) is 6.07 Å². The molecular weight excluding hydrogens is 244 g/mol. The van der Waals surface area contributed by atoms with Crippen molar-refractivity contribution in [2.24, 2.45) is 5.73 Å². The third kappa shape index (κ3) is 2.56. The second-order valence-corrected chi connectivity index (χ2v) is 5.75. The summed E-state index contributed by atoms with van der Waals surface area (Å²) in [5, 5.41) is 2.50. The number of hydrogen-bond donors (Lipinski definition) is 2. The highest BCUT2D eigenvalue weighted by Crippen LogP contribution is 2.31. The smallest absolute Gasteiger partial charge is 0.261 e. The van der Waals surface area contributed by atoms with Crippen LogP contribution in [-0.2, 0) is 17.0 Å². The molecule has 0 bridgehead atoms. The number of amides is 2. The van der Waals surface area contributed by atoms with Crippen LogP contribution in [0.5, 0.6) is 0 Å². The van der Waals surface area contributed by atoms with Crippen molar-refractivity contribution in [2.75, 3.05) is 12.3 Å². The van der Waals surface area contributed by atoms with Gasteiger partial charge in [-0.2, -0.15) is 11.8 Å². The quantitative estimate of drug-likeness (QED) is 0.838. The highest BCUT2D eigenvalue weighted by molar-refractivity contribution is 7.98. The maximum Gasteiger partial charge on any atom is 0.261 e. The monoisotopic (exact) mass is 256 g/mol. The summed E-state index contributed by atoms with van der Waals surface area (Å²) in [6.45, 7) is -0.101. The van der Waals surface area contributed by atoms with Gasteiger partial charge in [0, 0.05) is 10.6 Å². The summed E-state index contributed by atoms with van der Waals surface area (Å²) >= 11 is 3.40. The zero-order valence-corrected chi connectivity index (χ0v) is 10.2. The number of thioether (sulfide) groups is 1. The fraction of sp³-hybridized carbons (Fsp3) is 0.400. The third-order valence-electron chi connectivity index (χ3n) is 2.27. The Kier molecular flexibility index (Phi) is 3.50. The Bertz CT molecular complexity index is 405. The minimum absolute atomic E-state index is 0.101. The summed E-state index contributed by atoms with van der Waals surface area (Å²) in [4.78, 5) is 24.2. The lowest BCUT2D eigenvalue weighted by Crippen LogP contribution is -2.32. The van der Waals surface area contributed by atoms with Gasteiger partial charge in [-0.3, -0.25) is 9.59 Å². The molecule has 1 aliphatic rings. The first-order valence-electron chi connectivity index (χ1n) is 4.92. The van der Waals surface area contributed by atoms with Crippen LogP contribution >= 0.6 is 23.1 Å². The summed E-state index contributed by atoms with van der Waals surface area (Å²) in [5.74, 6) is 1.37. The zero-order chi connectivity index (χ0) is 11.5. The van der Waals surface area contributed by atoms with Crippen LogP contribution < -0.4 is 11.1 Å². The Hall–Kier alpha value is -1.01. The molecule has 0 aromatic carbocycles. The van der Waals surface area contributed by atoms with Gasteiger partial charge in [0.05, 0.1) is 11.4 Å². The maximum atomic E-state index is 11.7. The first kappa shape index (κ1) is 11.5. The first-order valence-corrected chi connectivity index (χ1v) is 6.90. The summed E-state index contributed by atoms with van der Waals surface area (Å²) in [6.07, 6.45) is 1.04. The van der Waals surface area contributed by atoms with Crippen LogP contribution in [0.4, 0.5) is 0 Å². The molecular formula is C10H12N2O2S2. The van der Waals surface area contributed by atoms with Gasteiger partial charge in [-0.1, -0.05) is 0 Å². The van der Waals surface area contributed by atoms with Crippen molar-refractivity contribution in [3.05, 3.63) is 21.4 Å². The van der Waals surface area contributed by atoms with Crippen LogP contribution in [0.25, 0.3) is 0 Å². The van der Waals surface area contributed by atoms with E-state index in [0.717, 1.165) is 17.9 Å². The Morgan fingerprint density at radius 3 is 3.00 bits per heavy atom. The minimum Gasteiger partial charge on any atom is -0.368 e. The molecule has 0 unspecified atom stereocenters.